The molecular formula is C32H33Cl2N3O4. The van der Waals surface area contributed by atoms with Gasteiger partial charge in [0.1, 0.15) is 18.1 Å². The number of hydrogen-bond acceptors (Lipinski definition) is 6. The van der Waals surface area contributed by atoms with Crippen LogP contribution in [0.4, 0.5) is 0 Å². The quantitative estimate of drug-likeness (QED) is 0.207. The van der Waals surface area contributed by atoms with Gasteiger partial charge >= 0.3 is 0 Å². The van der Waals surface area contributed by atoms with Crippen LogP contribution < -0.4 is 4.74 Å². The van der Waals surface area contributed by atoms with Crippen LogP contribution in [0.3, 0.4) is 0 Å². The molecule has 1 aliphatic heterocycles. The zero-order valence-corrected chi connectivity index (χ0v) is 24.3. The lowest BCUT2D eigenvalue weighted by molar-refractivity contribution is -0.312. The van der Waals surface area contributed by atoms with E-state index in [9.17, 15) is 5.11 Å². The van der Waals surface area contributed by atoms with Crippen LogP contribution in [0.15, 0.2) is 91.5 Å². The Morgan fingerprint density at radius 1 is 1.12 bits per heavy atom. The van der Waals surface area contributed by atoms with Crippen molar-refractivity contribution in [3.05, 3.63) is 118 Å². The van der Waals surface area contributed by atoms with E-state index in [4.69, 9.17) is 37.4 Å². The third kappa shape index (κ3) is 7.91. The second kappa shape index (κ2) is 13.6. The molecule has 4 aromatic rings. The Balaban J connectivity index is 1.17. The molecule has 0 spiro atoms. The summed E-state index contributed by atoms with van der Waals surface area (Å²) in [5, 5.41) is 10.4. The van der Waals surface area contributed by atoms with Gasteiger partial charge in [0.05, 0.1) is 30.6 Å². The van der Waals surface area contributed by atoms with Gasteiger partial charge in [-0.25, -0.2) is 4.98 Å². The first-order valence-corrected chi connectivity index (χ1v) is 14.2. The van der Waals surface area contributed by atoms with Crippen LogP contribution in [-0.4, -0.2) is 52.5 Å². The lowest BCUT2D eigenvalue weighted by Crippen LogP contribution is -2.47. The first kappa shape index (κ1) is 29.2. The smallest absolute Gasteiger partial charge is 0.215 e. The Morgan fingerprint density at radius 2 is 1.93 bits per heavy atom. The van der Waals surface area contributed by atoms with Crippen molar-refractivity contribution in [1.82, 2.24) is 14.5 Å². The standard InChI is InChI=1S/C32H33Cl2N3O4/c1-36(16-2-3-24-4-9-27(38)10-5-24)20-25-6-11-28(12-7-25)39-21-29-14-18-40-32(41-29,22-37-17-15-35-23-37)30-13-8-26(33)19-31(30)34/h2-13,15,17,19,23,29,38H,14,16,18,20-22H2,1H3/b3-2-. The zero-order valence-electron chi connectivity index (χ0n) is 22.8. The minimum Gasteiger partial charge on any atom is -0.508 e. The van der Waals surface area contributed by atoms with E-state index < -0.39 is 5.79 Å². The number of benzene rings is 3. The van der Waals surface area contributed by atoms with Crippen molar-refractivity contribution in [1.29, 1.82) is 0 Å². The minimum atomic E-state index is -1.10. The molecule has 2 unspecified atom stereocenters. The molecule has 0 amide bonds. The fraction of sp³-hybridized carbons (Fsp3) is 0.281. The van der Waals surface area contributed by atoms with Crippen LogP contribution in [-0.2, 0) is 28.4 Å². The number of nitrogens with zero attached hydrogens (tertiary/aromatic N) is 3. The topological polar surface area (TPSA) is 69.0 Å². The molecule has 9 heteroatoms. The van der Waals surface area contributed by atoms with E-state index in [1.54, 1.807) is 36.8 Å². The number of halogens is 2. The predicted octanol–water partition coefficient (Wildman–Crippen LogP) is 6.78. The summed E-state index contributed by atoms with van der Waals surface area (Å²) in [6.07, 6.45) is 9.96. The van der Waals surface area contributed by atoms with Gasteiger partial charge in [-0.3, -0.25) is 4.90 Å². The van der Waals surface area contributed by atoms with Crippen molar-refractivity contribution >= 4 is 29.3 Å². The molecule has 0 radical (unpaired) electrons. The summed E-state index contributed by atoms with van der Waals surface area (Å²) in [6, 6.07) is 20.6. The molecule has 0 saturated carbocycles. The molecular weight excluding hydrogens is 561 g/mol. The highest BCUT2D eigenvalue weighted by Gasteiger charge is 2.42. The summed E-state index contributed by atoms with van der Waals surface area (Å²) in [7, 11) is 2.08. The van der Waals surface area contributed by atoms with Crippen molar-refractivity contribution in [2.24, 2.45) is 0 Å². The van der Waals surface area contributed by atoms with Crippen LogP contribution in [0.5, 0.6) is 11.5 Å². The van der Waals surface area contributed by atoms with Crippen LogP contribution in [0, 0.1) is 0 Å². The highest BCUT2D eigenvalue weighted by atomic mass is 35.5. The average Bonchev–Trinajstić information content (AvgIpc) is 3.46. The molecule has 1 aromatic heterocycles. The molecule has 2 heterocycles. The second-order valence-corrected chi connectivity index (χ2v) is 11.0. The van der Waals surface area contributed by atoms with Crippen LogP contribution in [0.25, 0.3) is 6.08 Å². The Morgan fingerprint density at radius 3 is 2.66 bits per heavy atom. The predicted molar refractivity (Wildman–Crippen MR) is 161 cm³/mol. The number of phenolic OH excluding ortho intramolecular Hbond substituents is 1. The highest BCUT2D eigenvalue weighted by molar-refractivity contribution is 6.35. The van der Waals surface area contributed by atoms with Crippen molar-refractivity contribution in [2.75, 3.05) is 26.8 Å². The molecule has 3 aromatic carbocycles. The first-order chi connectivity index (χ1) is 19.9. The number of aromatic hydroxyl groups is 1. The summed E-state index contributed by atoms with van der Waals surface area (Å²) in [5.74, 6) is -0.0446. The van der Waals surface area contributed by atoms with E-state index in [1.807, 2.05) is 41.1 Å². The molecule has 1 saturated heterocycles. The van der Waals surface area contributed by atoms with Gasteiger partial charge in [0, 0.05) is 42.5 Å². The number of ether oxygens (including phenoxy) is 3. The van der Waals surface area contributed by atoms with Crippen molar-refractivity contribution in [3.63, 3.8) is 0 Å². The number of imidazole rings is 1. The molecule has 0 bridgehead atoms. The van der Waals surface area contributed by atoms with Crippen molar-refractivity contribution in [3.8, 4) is 11.5 Å². The summed E-state index contributed by atoms with van der Waals surface area (Å²) in [4.78, 5) is 6.38. The van der Waals surface area contributed by atoms with Crippen LogP contribution in [0.1, 0.15) is 23.1 Å². The molecule has 7 nitrogen and oxygen atoms in total. The molecule has 1 fully saturated rings. The van der Waals surface area contributed by atoms with Gasteiger partial charge in [-0.1, -0.05) is 65.7 Å². The normalized spacial score (nSPS) is 19.2. The van der Waals surface area contributed by atoms with E-state index in [2.05, 4.69) is 41.2 Å². The fourth-order valence-electron chi connectivity index (χ4n) is 4.77. The van der Waals surface area contributed by atoms with Crippen molar-refractivity contribution in [2.45, 2.75) is 31.4 Å². The van der Waals surface area contributed by atoms with E-state index >= 15 is 0 Å². The number of likely N-dealkylation sites (N-methyl/N-ethyl adjacent to an activating group) is 1. The van der Waals surface area contributed by atoms with Crippen molar-refractivity contribution < 1.29 is 19.3 Å². The Hall–Kier alpha value is -3.33. The van der Waals surface area contributed by atoms with Crippen LogP contribution in [0.2, 0.25) is 10.0 Å². The van der Waals surface area contributed by atoms with Gasteiger partial charge in [0.15, 0.2) is 0 Å². The van der Waals surface area contributed by atoms with Gasteiger partial charge in [0.25, 0.3) is 0 Å². The van der Waals surface area contributed by atoms with Gasteiger partial charge in [0.2, 0.25) is 5.79 Å². The van der Waals surface area contributed by atoms with Gasteiger partial charge in [-0.05, 0) is 54.6 Å². The molecule has 2 atom stereocenters. The SMILES string of the molecule is CN(C/C=C\c1ccc(O)cc1)Cc1ccc(OCC2CCOC(Cn3ccnc3)(c3ccc(Cl)cc3Cl)O2)cc1. The largest absolute Gasteiger partial charge is 0.508 e. The summed E-state index contributed by atoms with van der Waals surface area (Å²) in [5.41, 5.74) is 2.96. The molecule has 0 aliphatic carbocycles. The maximum absolute atomic E-state index is 9.41. The van der Waals surface area contributed by atoms with E-state index in [0.29, 0.717) is 41.8 Å². The molecule has 41 heavy (non-hydrogen) atoms. The second-order valence-electron chi connectivity index (χ2n) is 10.1. The Labute approximate surface area is 250 Å². The first-order valence-electron chi connectivity index (χ1n) is 13.5. The number of rotatable bonds is 11. The summed E-state index contributed by atoms with van der Waals surface area (Å²) < 4.78 is 20.9. The van der Waals surface area contributed by atoms with E-state index in [-0.39, 0.29) is 11.9 Å². The molecule has 214 valence electrons. The monoisotopic (exact) mass is 593 g/mol. The van der Waals surface area contributed by atoms with E-state index in [0.717, 1.165) is 24.4 Å². The molecule has 1 aliphatic rings. The Bertz CT molecular complexity index is 1430. The van der Waals surface area contributed by atoms with Crippen LogP contribution >= 0.6 is 23.2 Å². The summed E-state index contributed by atoms with van der Waals surface area (Å²) in [6.45, 7) is 2.87. The van der Waals surface area contributed by atoms with E-state index in [1.165, 1.54) is 5.56 Å². The Kier molecular flexibility index (Phi) is 9.64. The number of aromatic nitrogens is 2. The van der Waals surface area contributed by atoms with Gasteiger partial charge in [-0.2, -0.15) is 0 Å². The highest BCUT2D eigenvalue weighted by Crippen LogP contribution is 2.40. The average molecular weight is 595 g/mol. The zero-order chi connectivity index (χ0) is 28.7. The summed E-state index contributed by atoms with van der Waals surface area (Å²) >= 11 is 12.8. The number of hydrogen-bond donors (Lipinski definition) is 1. The minimum absolute atomic E-state index is 0.204. The lowest BCUT2D eigenvalue weighted by Gasteiger charge is -2.41. The molecule has 5 rings (SSSR count). The third-order valence-electron chi connectivity index (χ3n) is 6.86. The molecule has 1 N–H and O–H groups in total. The third-order valence-corrected chi connectivity index (χ3v) is 7.40. The fourth-order valence-corrected chi connectivity index (χ4v) is 5.33. The maximum Gasteiger partial charge on any atom is 0.215 e. The van der Waals surface area contributed by atoms with Gasteiger partial charge < -0.3 is 23.9 Å². The van der Waals surface area contributed by atoms with Gasteiger partial charge in [-0.15, -0.1) is 0 Å². The number of phenols is 1. The lowest BCUT2D eigenvalue weighted by atomic mass is 10.0. The maximum atomic E-state index is 9.41.